The molecule has 0 bridgehead atoms. The van der Waals surface area contributed by atoms with Crippen molar-refractivity contribution in [1.29, 1.82) is 0 Å². The molecule has 1 saturated heterocycles. The first-order chi connectivity index (χ1) is 14.7. The van der Waals surface area contributed by atoms with E-state index in [4.69, 9.17) is 9.72 Å². The third-order valence-corrected chi connectivity index (χ3v) is 6.36. The molecule has 2 aromatic carbocycles. The second kappa shape index (κ2) is 9.98. The Kier molecular flexibility index (Phi) is 6.89. The molecule has 0 amide bonds. The lowest BCUT2D eigenvalue weighted by Crippen LogP contribution is -2.30. The third-order valence-electron chi connectivity index (χ3n) is 5.42. The van der Waals surface area contributed by atoms with Crippen LogP contribution < -0.4 is 0 Å². The number of rotatable bonds is 6. The fraction of sp³-hybridized carbons (Fsp3) is 0.333. The van der Waals surface area contributed by atoms with Crippen molar-refractivity contribution < 1.29 is 9.53 Å². The Hall–Kier alpha value is -2.54. The number of methoxy groups -OCH3 is 1. The Morgan fingerprint density at radius 2 is 1.67 bits per heavy atom. The number of hydrogen-bond donors (Lipinski definition) is 0. The van der Waals surface area contributed by atoms with Crippen LogP contribution in [0, 0.1) is 0 Å². The molecule has 1 aliphatic heterocycles. The van der Waals surface area contributed by atoms with Crippen LogP contribution in [0.25, 0.3) is 10.6 Å². The molecule has 0 radical (unpaired) electrons. The summed E-state index contributed by atoms with van der Waals surface area (Å²) in [4.78, 5) is 21.5. The second-order valence-electron chi connectivity index (χ2n) is 7.60. The summed E-state index contributed by atoms with van der Waals surface area (Å²) in [5.41, 5.74) is 4.09. The van der Waals surface area contributed by atoms with Crippen LogP contribution in [0.3, 0.4) is 0 Å². The van der Waals surface area contributed by atoms with E-state index in [1.807, 2.05) is 12.1 Å². The minimum atomic E-state index is -0.316. The summed E-state index contributed by atoms with van der Waals surface area (Å²) in [6, 6.07) is 18.2. The smallest absolute Gasteiger partial charge is 0.337 e. The van der Waals surface area contributed by atoms with E-state index >= 15 is 0 Å². The highest BCUT2D eigenvalue weighted by Gasteiger charge is 2.16. The van der Waals surface area contributed by atoms with Gasteiger partial charge in [0.1, 0.15) is 5.01 Å². The number of hydrogen-bond acceptors (Lipinski definition) is 6. The summed E-state index contributed by atoms with van der Waals surface area (Å²) >= 11 is 1.65. The van der Waals surface area contributed by atoms with Gasteiger partial charge in [0.25, 0.3) is 0 Å². The largest absolute Gasteiger partial charge is 0.465 e. The summed E-state index contributed by atoms with van der Waals surface area (Å²) < 4.78 is 4.76. The molecule has 0 saturated carbocycles. The standard InChI is InChI=1S/C24H27N3O2S/c1-29-24(28)21-10-8-20(9-11-21)23-25-22(18-30-23)17-27-13-5-12-26(14-15-27)16-19-6-3-2-4-7-19/h2-4,6-11,18H,5,12-17H2,1H3. The maximum atomic E-state index is 11.6. The van der Waals surface area contributed by atoms with Crippen molar-refractivity contribution in [3.8, 4) is 10.6 Å². The van der Waals surface area contributed by atoms with Crippen LogP contribution in [0.5, 0.6) is 0 Å². The van der Waals surface area contributed by atoms with Gasteiger partial charge in [0.2, 0.25) is 0 Å². The van der Waals surface area contributed by atoms with Gasteiger partial charge < -0.3 is 4.74 Å². The van der Waals surface area contributed by atoms with E-state index in [0.29, 0.717) is 5.56 Å². The van der Waals surface area contributed by atoms with Gasteiger partial charge in [-0.25, -0.2) is 9.78 Å². The Labute approximate surface area is 181 Å². The molecule has 0 spiro atoms. The van der Waals surface area contributed by atoms with Gasteiger partial charge in [-0.3, -0.25) is 9.80 Å². The van der Waals surface area contributed by atoms with Crippen molar-refractivity contribution in [3.05, 3.63) is 76.8 Å². The SMILES string of the molecule is COC(=O)c1ccc(-c2nc(CN3CCCN(Cc4ccccc4)CC3)cs2)cc1. The highest BCUT2D eigenvalue weighted by molar-refractivity contribution is 7.13. The minimum absolute atomic E-state index is 0.316. The predicted molar refractivity (Wildman–Crippen MR) is 121 cm³/mol. The molecule has 0 unspecified atom stereocenters. The average Bonchev–Trinajstić information content (AvgIpc) is 3.14. The number of ether oxygens (including phenoxy) is 1. The van der Waals surface area contributed by atoms with Crippen LogP contribution in [0.15, 0.2) is 60.0 Å². The van der Waals surface area contributed by atoms with E-state index in [2.05, 4.69) is 45.5 Å². The quantitative estimate of drug-likeness (QED) is 0.555. The Morgan fingerprint density at radius 3 is 2.37 bits per heavy atom. The molecule has 0 N–H and O–H groups in total. The number of aromatic nitrogens is 1. The van der Waals surface area contributed by atoms with Gasteiger partial charge >= 0.3 is 5.97 Å². The zero-order valence-electron chi connectivity index (χ0n) is 17.3. The zero-order valence-corrected chi connectivity index (χ0v) is 18.1. The summed E-state index contributed by atoms with van der Waals surface area (Å²) in [6.07, 6.45) is 1.18. The molecule has 0 atom stereocenters. The van der Waals surface area contributed by atoms with Gasteiger partial charge in [-0.1, -0.05) is 42.5 Å². The van der Waals surface area contributed by atoms with Crippen molar-refractivity contribution in [2.24, 2.45) is 0 Å². The highest BCUT2D eigenvalue weighted by Crippen LogP contribution is 2.25. The number of benzene rings is 2. The molecule has 3 aromatic rings. The van der Waals surface area contributed by atoms with Crippen molar-refractivity contribution >= 4 is 17.3 Å². The highest BCUT2D eigenvalue weighted by atomic mass is 32.1. The first kappa shape index (κ1) is 20.7. The summed E-state index contributed by atoms with van der Waals surface area (Å²) in [5.74, 6) is -0.316. The zero-order chi connectivity index (χ0) is 20.8. The van der Waals surface area contributed by atoms with Gasteiger partial charge in [-0.05, 0) is 37.2 Å². The number of carbonyl (C=O) groups is 1. The van der Waals surface area contributed by atoms with E-state index < -0.39 is 0 Å². The maximum absolute atomic E-state index is 11.6. The molecule has 0 aliphatic carbocycles. The van der Waals surface area contributed by atoms with Gasteiger partial charge in [-0.15, -0.1) is 11.3 Å². The van der Waals surface area contributed by atoms with Crippen LogP contribution in [0.2, 0.25) is 0 Å². The molecule has 4 rings (SSSR count). The van der Waals surface area contributed by atoms with Crippen molar-refractivity contribution in [1.82, 2.24) is 14.8 Å². The van der Waals surface area contributed by atoms with Crippen molar-refractivity contribution in [3.63, 3.8) is 0 Å². The minimum Gasteiger partial charge on any atom is -0.465 e. The Morgan fingerprint density at radius 1 is 0.967 bits per heavy atom. The Balaban J connectivity index is 1.33. The fourth-order valence-corrected chi connectivity index (χ4v) is 4.61. The van der Waals surface area contributed by atoms with Crippen LogP contribution in [-0.2, 0) is 17.8 Å². The molecule has 2 heterocycles. The van der Waals surface area contributed by atoms with E-state index in [-0.39, 0.29) is 5.97 Å². The van der Waals surface area contributed by atoms with E-state index in [0.717, 1.165) is 55.5 Å². The fourth-order valence-electron chi connectivity index (χ4n) is 3.79. The lowest BCUT2D eigenvalue weighted by molar-refractivity contribution is 0.0601. The molecule has 1 aliphatic rings. The number of thiazole rings is 1. The van der Waals surface area contributed by atoms with Crippen molar-refractivity contribution in [2.75, 3.05) is 33.3 Å². The molecule has 156 valence electrons. The average molecular weight is 422 g/mol. The summed E-state index contributed by atoms with van der Waals surface area (Å²) in [7, 11) is 1.40. The van der Waals surface area contributed by atoms with E-state index in [1.54, 1.807) is 23.5 Å². The normalized spacial score (nSPS) is 15.6. The number of carbonyl (C=O) groups excluding carboxylic acids is 1. The molecule has 30 heavy (non-hydrogen) atoms. The molecule has 1 aromatic heterocycles. The number of esters is 1. The van der Waals surface area contributed by atoms with Crippen LogP contribution in [-0.4, -0.2) is 54.0 Å². The number of nitrogens with zero attached hydrogens (tertiary/aromatic N) is 3. The van der Waals surface area contributed by atoms with Gasteiger partial charge in [0.05, 0.1) is 18.4 Å². The van der Waals surface area contributed by atoms with Crippen LogP contribution in [0.4, 0.5) is 0 Å². The molecular formula is C24H27N3O2S. The van der Waals surface area contributed by atoms with Gasteiger partial charge in [0.15, 0.2) is 0 Å². The molecule has 1 fully saturated rings. The molecular weight excluding hydrogens is 394 g/mol. The van der Waals surface area contributed by atoms with Gasteiger partial charge in [-0.2, -0.15) is 0 Å². The molecule has 6 heteroatoms. The Bertz CT molecular complexity index is 956. The lowest BCUT2D eigenvalue weighted by atomic mass is 10.1. The maximum Gasteiger partial charge on any atom is 0.337 e. The summed E-state index contributed by atoms with van der Waals surface area (Å²) in [5, 5.41) is 3.14. The third kappa shape index (κ3) is 5.33. The van der Waals surface area contributed by atoms with Crippen molar-refractivity contribution in [2.45, 2.75) is 19.5 Å². The summed E-state index contributed by atoms with van der Waals surface area (Å²) in [6.45, 7) is 6.30. The molecule has 5 nitrogen and oxygen atoms in total. The lowest BCUT2D eigenvalue weighted by Gasteiger charge is -2.21. The van der Waals surface area contributed by atoms with Gasteiger partial charge in [0, 0.05) is 37.1 Å². The van der Waals surface area contributed by atoms with Crippen LogP contribution >= 0.6 is 11.3 Å². The first-order valence-electron chi connectivity index (χ1n) is 10.3. The monoisotopic (exact) mass is 421 g/mol. The van der Waals surface area contributed by atoms with E-state index in [1.165, 1.54) is 19.1 Å². The van der Waals surface area contributed by atoms with Crippen LogP contribution in [0.1, 0.15) is 28.0 Å². The first-order valence-corrected chi connectivity index (χ1v) is 11.2. The topological polar surface area (TPSA) is 45.7 Å². The van der Waals surface area contributed by atoms with E-state index in [9.17, 15) is 4.79 Å². The second-order valence-corrected chi connectivity index (χ2v) is 8.46. The predicted octanol–water partition coefficient (Wildman–Crippen LogP) is 4.30.